The predicted molar refractivity (Wildman–Crippen MR) is 72.9 cm³/mol. The lowest BCUT2D eigenvalue weighted by Gasteiger charge is -2.11. The highest BCUT2D eigenvalue weighted by molar-refractivity contribution is 5.56. The van der Waals surface area contributed by atoms with Gasteiger partial charge in [-0.15, -0.1) is 0 Å². The zero-order chi connectivity index (χ0) is 13.8. The van der Waals surface area contributed by atoms with E-state index in [0.29, 0.717) is 17.9 Å². The molecule has 0 amide bonds. The molecule has 0 saturated carbocycles. The number of hydrogen-bond acceptors (Lipinski definition) is 4. The lowest BCUT2D eigenvalue weighted by molar-refractivity contribution is 0.613. The predicted octanol–water partition coefficient (Wildman–Crippen LogP) is 2.41. The van der Waals surface area contributed by atoms with Crippen molar-refractivity contribution < 1.29 is 4.39 Å². The molecule has 2 aromatic heterocycles. The summed E-state index contributed by atoms with van der Waals surface area (Å²) >= 11 is 0. The van der Waals surface area contributed by atoms with Crippen molar-refractivity contribution in [1.82, 2.24) is 19.7 Å². The molecule has 0 aliphatic carbocycles. The van der Waals surface area contributed by atoms with Gasteiger partial charge in [0.05, 0.1) is 5.69 Å². The molecule has 0 radical (unpaired) electrons. The van der Waals surface area contributed by atoms with Crippen LogP contribution in [0.3, 0.4) is 0 Å². The summed E-state index contributed by atoms with van der Waals surface area (Å²) in [6.45, 7) is 0.375. The van der Waals surface area contributed by atoms with Crippen molar-refractivity contribution >= 4 is 5.69 Å². The maximum absolute atomic E-state index is 13.6. The second-order valence-electron chi connectivity index (χ2n) is 4.16. The maximum atomic E-state index is 13.6. The standard InChI is InChI=1S/C14H12FN5/c15-12-5-2-1-4-11(12)8-18-13-6-3-7-17-14(13)20-10-16-9-19-20/h1-7,9-10,18H,8H2. The van der Waals surface area contributed by atoms with E-state index in [9.17, 15) is 4.39 Å². The van der Waals surface area contributed by atoms with Gasteiger partial charge in [0.1, 0.15) is 18.5 Å². The van der Waals surface area contributed by atoms with Gasteiger partial charge in [-0.25, -0.2) is 19.0 Å². The number of benzene rings is 1. The van der Waals surface area contributed by atoms with Gasteiger partial charge in [0, 0.05) is 18.3 Å². The molecule has 0 aliphatic heterocycles. The van der Waals surface area contributed by atoms with E-state index in [-0.39, 0.29) is 5.82 Å². The van der Waals surface area contributed by atoms with Crippen LogP contribution in [0, 0.1) is 5.82 Å². The molecule has 0 spiro atoms. The van der Waals surface area contributed by atoms with Crippen LogP contribution in [0.15, 0.2) is 55.2 Å². The van der Waals surface area contributed by atoms with Gasteiger partial charge < -0.3 is 5.32 Å². The molecule has 2 heterocycles. The number of nitrogens with one attached hydrogen (secondary N) is 1. The summed E-state index contributed by atoms with van der Waals surface area (Å²) in [6.07, 6.45) is 4.68. The Labute approximate surface area is 115 Å². The summed E-state index contributed by atoms with van der Waals surface area (Å²) in [5, 5.41) is 7.22. The first-order chi connectivity index (χ1) is 9.84. The van der Waals surface area contributed by atoms with Crippen molar-refractivity contribution in [3.05, 3.63) is 66.6 Å². The van der Waals surface area contributed by atoms with Gasteiger partial charge in [0.15, 0.2) is 5.82 Å². The number of halogens is 1. The molecule has 5 nitrogen and oxygen atoms in total. The first-order valence-electron chi connectivity index (χ1n) is 6.12. The molecule has 20 heavy (non-hydrogen) atoms. The molecule has 0 unspecified atom stereocenters. The normalized spacial score (nSPS) is 10.4. The van der Waals surface area contributed by atoms with Gasteiger partial charge in [-0.1, -0.05) is 18.2 Å². The van der Waals surface area contributed by atoms with Crippen LogP contribution < -0.4 is 5.32 Å². The minimum absolute atomic E-state index is 0.230. The molecule has 0 atom stereocenters. The van der Waals surface area contributed by atoms with Crippen LogP contribution >= 0.6 is 0 Å². The fraction of sp³-hybridized carbons (Fsp3) is 0.0714. The summed E-state index contributed by atoms with van der Waals surface area (Å²) in [7, 11) is 0. The fourth-order valence-electron chi connectivity index (χ4n) is 1.87. The van der Waals surface area contributed by atoms with Gasteiger partial charge in [0.25, 0.3) is 0 Å². The first-order valence-corrected chi connectivity index (χ1v) is 6.12. The van der Waals surface area contributed by atoms with Gasteiger partial charge in [0.2, 0.25) is 0 Å². The SMILES string of the molecule is Fc1ccccc1CNc1cccnc1-n1cncn1. The highest BCUT2D eigenvalue weighted by Gasteiger charge is 2.07. The van der Waals surface area contributed by atoms with Crippen LogP contribution in [0.25, 0.3) is 5.82 Å². The van der Waals surface area contributed by atoms with Crippen LogP contribution in [-0.4, -0.2) is 19.7 Å². The van der Waals surface area contributed by atoms with Crippen LogP contribution in [0.1, 0.15) is 5.56 Å². The Morgan fingerprint density at radius 2 is 2.05 bits per heavy atom. The van der Waals surface area contributed by atoms with Crippen LogP contribution in [0.5, 0.6) is 0 Å². The summed E-state index contributed by atoms with van der Waals surface area (Å²) in [6, 6.07) is 10.3. The fourth-order valence-corrected chi connectivity index (χ4v) is 1.87. The van der Waals surface area contributed by atoms with E-state index in [2.05, 4.69) is 20.4 Å². The summed E-state index contributed by atoms with van der Waals surface area (Å²) in [5.74, 6) is 0.396. The average molecular weight is 269 g/mol. The maximum Gasteiger partial charge on any atom is 0.178 e. The van der Waals surface area contributed by atoms with Crippen molar-refractivity contribution in [2.45, 2.75) is 6.54 Å². The molecule has 0 bridgehead atoms. The second kappa shape index (κ2) is 5.48. The van der Waals surface area contributed by atoms with Gasteiger partial charge in [-0.3, -0.25) is 0 Å². The average Bonchev–Trinajstić information content (AvgIpc) is 3.01. The Balaban J connectivity index is 1.84. The number of hydrogen-bond donors (Lipinski definition) is 1. The molecule has 1 N–H and O–H groups in total. The lowest BCUT2D eigenvalue weighted by atomic mass is 10.2. The highest BCUT2D eigenvalue weighted by atomic mass is 19.1. The van der Waals surface area contributed by atoms with Crippen molar-refractivity contribution in [2.75, 3.05) is 5.32 Å². The lowest BCUT2D eigenvalue weighted by Crippen LogP contribution is -2.07. The van der Waals surface area contributed by atoms with E-state index in [1.165, 1.54) is 12.4 Å². The number of anilines is 1. The van der Waals surface area contributed by atoms with E-state index < -0.39 is 0 Å². The Bertz CT molecular complexity index is 696. The number of pyridine rings is 1. The first kappa shape index (κ1) is 12.3. The summed E-state index contributed by atoms with van der Waals surface area (Å²) < 4.78 is 15.1. The second-order valence-corrected chi connectivity index (χ2v) is 4.16. The number of rotatable bonds is 4. The third kappa shape index (κ3) is 2.49. The van der Waals surface area contributed by atoms with Crippen molar-refractivity contribution in [3.8, 4) is 5.82 Å². The van der Waals surface area contributed by atoms with E-state index in [4.69, 9.17) is 0 Å². The van der Waals surface area contributed by atoms with E-state index >= 15 is 0 Å². The van der Waals surface area contributed by atoms with Crippen molar-refractivity contribution in [2.24, 2.45) is 0 Å². The largest absolute Gasteiger partial charge is 0.378 e. The molecule has 3 aromatic rings. The van der Waals surface area contributed by atoms with Gasteiger partial charge >= 0.3 is 0 Å². The number of nitrogens with zero attached hydrogens (tertiary/aromatic N) is 4. The zero-order valence-electron chi connectivity index (χ0n) is 10.6. The summed E-state index contributed by atoms with van der Waals surface area (Å²) in [5.41, 5.74) is 1.36. The van der Waals surface area contributed by atoms with E-state index in [0.717, 1.165) is 5.69 Å². The molecule has 6 heteroatoms. The third-order valence-electron chi connectivity index (χ3n) is 2.85. The molecule has 1 aromatic carbocycles. The Morgan fingerprint density at radius 1 is 1.15 bits per heavy atom. The number of aromatic nitrogens is 4. The Morgan fingerprint density at radius 3 is 2.85 bits per heavy atom. The minimum atomic E-state index is -0.230. The topological polar surface area (TPSA) is 55.6 Å². The van der Waals surface area contributed by atoms with E-state index in [1.54, 1.807) is 29.3 Å². The van der Waals surface area contributed by atoms with Crippen molar-refractivity contribution in [1.29, 1.82) is 0 Å². The van der Waals surface area contributed by atoms with Crippen LogP contribution in [0.2, 0.25) is 0 Å². The Kier molecular flexibility index (Phi) is 3.36. The van der Waals surface area contributed by atoms with E-state index in [1.807, 2.05) is 18.2 Å². The highest BCUT2D eigenvalue weighted by Crippen LogP contribution is 2.17. The monoisotopic (exact) mass is 269 g/mol. The minimum Gasteiger partial charge on any atom is -0.378 e. The zero-order valence-corrected chi connectivity index (χ0v) is 10.6. The molecule has 0 saturated heterocycles. The molecule has 0 aliphatic rings. The van der Waals surface area contributed by atoms with Gasteiger partial charge in [-0.2, -0.15) is 5.10 Å². The quantitative estimate of drug-likeness (QED) is 0.790. The Hall–Kier alpha value is -2.76. The molecule has 100 valence electrons. The van der Waals surface area contributed by atoms with Crippen LogP contribution in [-0.2, 0) is 6.54 Å². The molecule has 3 rings (SSSR count). The van der Waals surface area contributed by atoms with Crippen LogP contribution in [0.4, 0.5) is 10.1 Å². The molecular weight excluding hydrogens is 257 g/mol. The smallest absolute Gasteiger partial charge is 0.178 e. The summed E-state index contributed by atoms with van der Waals surface area (Å²) in [4.78, 5) is 8.16. The van der Waals surface area contributed by atoms with Gasteiger partial charge in [-0.05, 0) is 18.2 Å². The van der Waals surface area contributed by atoms with Crippen molar-refractivity contribution in [3.63, 3.8) is 0 Å². The molecular formula is C14H12FN5. The molecule has 0 fully saturated rings. The third-order valence-corrected chi connectivity index (χ3v) is 2.85.